The van der Waals surface area contributed by atoms with Gasteiger partial charge in [-0.25, -0.2) is 4.79 Å². The number of ether oxygens (including phenoxy) is 1. The molecule has 5 aromatic rings. The zero-order valence-electron chi connectivity index (χ0n) is 22.2. The number of aryl methyl sites for hydroxylation is 1. The van der Waals surface area contributed by atoms with Crippen LogP contribution in [-0.4, -0.2) is 47.0 Å². The molecule has 8 nitrogen and oxygen atoms in total. The molecule has 0 aliphatic carbocycles. The molecule has 6 rings (SSSR count). The van der Waals surface area contributed by atoms with Crippen LogP contribution < -0.4 is 4.74 Å². The minimum atomic E-state index is -1.19. The van der Waals surface area contributed by atoms with Gasteiger partial charge in [-0.15, -0.1) is 0 Å². The minimum absolute atomic E-state index is 0.0882. The summed E-state index contributed by atoms with van der Waals surface area (Å²) >= 11 is 13.0. The molecule has 0 spiro atoms. The van der Waals surface area contributed by atoms with Gasteiger partial charge in [-0.05, 0) is 48.9 Å². The van der Waals surface area contributed by atoms with E-state index in [0.717, 1.165) is 33.9 Å². The highest BCUT2D eigenvalue weighted by Crippen LogP contribution is 2.40. The van der Waals surface area contributed by atoms with Crippen LogP contribution in [0, 0.1) is 6.92 Å². The van der Waals surface area contributed by atoms with Crippen molar-refractivity contribution in [1.82, 2.24) is 19.7 Å². The maximum Gasteiger partial charge on any atom is 0.327 e. The smallest absolute Gasteiger partial charge is 0.327 e. The third-order valence-electron chi connectivity index (χ3n) is 6.89. The van der Waals surface area contributed by atoms with Crippen molar-refractivity contribution < 1.29 is 19.4 Å². The summed E-state index contributed by atoms with van der Waals surface area (Å²) in [5.41, 5.74) is 3.56. The number of nitrogens with zero attached hydrogens (tertiary/aromatic N) is 3. The Balaban J connectivity index is 1.38. The third kappa shape index (κ3) is 5.20. The summed E-state index contributed by atoms with van der Waals surface area (Å²) in [6.45, 7) is 1.81. The third-order valence-corrected chi connectivity index (χ3v) is 8.53. The number of carboxylic acid groups (broad SMARTS) is 1. The van der Waals surface area contributed by atoms with Crippen molar-refractivity contribution in [2.24, 2.45) is 0 Å². The average Bonchev–Trinajstić information content (AvgIpc) is 3.62. The second kappa shape index (κ2) is 11.5. The van der Waals surface area contributed by atoms with Gasteiger partial charge >= 0.3 is 5.97 Å². The van der Waals surface area contributed by atoms with Gasteiger partial charge in [0.05, 0.1) is 26.9 Å². The fourth-order valence-electron chi connectivity index (χ4n) is 4.84. The topological polar surface area (TPSA) is 100 Å². The van der Waals surface area contributed by atoms with Gasteiger partial charge in [0.15, 0.2) is 0 Å². The summed E-state index contributed by atoms with van der Waals surface area (Å²) in [5, 5.41) is 16.2. The average molecular weight is 615 g/mol. The van der Waals surface area contributed by atoms with E-state index in [1.54, 1.807) is 35.2 Å². The van der Waals surface area contributed by atoms with Crippen molar-refractivity contribution in [3.63, 3.8) is 0 Å². The molecule has 2 N–H and O–H groups in total. The molecule has 0 radical (unpaired) electrons. The lowest BCUT2D eigenvalue weighted by atomic mass is 10.0. The molecule has 0 bridgehead atoms. The highest BCUT2D eigenvalue weighted by atomic mass is 35.5. The number of carboxylic acids is 1. The maximum atomic E-state index is 13.8. The largest absolute Gasteiger partial charge is 0.480 e. The SMILES string of the molecule is Cc1nn(-c2ccccc2)c(Oc2ccccc2Cl)c1/C=C1\SC(=S)N([C@@H](Cc2c[nH]c3ccccc23)C(=O)O)C1=O. The summed E-state index contributed by atoms with van der Waals surface area (Å²) in [4.78, 5) is 30.8. The number of aromatic amines is 1. The summed E-state index contributed by atoms with van der Waals surface area (Å²) in [6, 6.07) is 22.9. The molecule has 1 amide bonds. The Kier molecular flexibility index (Phi) is 7.59. The monoisotopic (exact) mass is 614 g/mol. The number of aromatic nitrogens is 3. The molecule has 2 aromatic heterocycles. The lowest BCUT2D eigenvalue weighted by Gasteiger charge is -2.23. The van der Waals surface area contributed by atoms with Gasteiger partial charge in [-0.1, -0.05) is 84.1 Å². The first-order valence-electron chi connectivity index (χ1n) is 12.9. The number of para-hydroxylation sites is 3. The van der Waals surface area contributed by atoms with Crippen LogP contribution in [-0.2, 0) is 16.0 Å². The molecule has 210 valence electrons. The van der Waals surface area contributed by atoms with E-state index in [9.17, 15) is 14.7 Å². The summed E-state index contributed by atoms with van der Waals surface area (Å²) in [5.74, 6) is -0.866. The Morgan fingerprint density at radius 2 is 1.83 bits per heavy atom. The fraction of sp³-hybridized carbons (Fsp3) is 0.0968. The van der Waals surface area contributed by atoms with E-state index in [0.29, 0.717) is 27.9 Å². The van der Waals surface area contributed by atoms with E-state index in [4.69, 9.17) is 33.7 Å². The number of thioether (sulfide) groups is 1. The van der Waals surface area contributed by atoms with Gasteiger partial charge in [0, 0.05) is 23.5 Å². The van der Waals surface area contributed by atoms with Crippen molar-refractivity contribution in [2.75, 3.05) is 0 Å². The van der Waals surface area contributed by atoms with E-state index in [-0.39, 0.29) is 15.6 Å². The normalized spacial score (nSPS) is 15.1. The molecule has 1 aliphatic rings. The van der Waals surface area contributed by atoms with E-state index in [1.807, 2.05) is 67.6 Å². The first kappa shape index (κ1) is 27.8. The van der Waals surface area contributed by atoms with Crippen LogP contribution in [0.25, 0.3) is 22.7 Å². The molecule has 42 heavy (non-hydrogen) atoms. The van der Waals surface area contributed by atoms with Crippen LogP contribution >= 0.6 is 35.6 Å². The minimum Gasteiger partial charge on any atom is -0.480 e. The standard InChI is InChI=1S/C31H23ClN4O4S2/c1-18-22(29(40-26-14-8-6-12-23(26)32)36(34-18)20-9-3-2-4-10-20)16-27-28(37)35(31(41)42-27)25(30(38)39)15-19-17-33-24-13-7-5-11-21(19)24/h2-14,16-17,25,33H,15H2,1H3,(H,38,39)/b27-16-/t25-/m0/s1. The van der Waals surface area contributed by atoms with E-state index in [1.165, 1.54) is 4.90 Å². The van der Waals surface area contributed by atoms with Gasteiger partial charge in [0.25, 0.3) is 5.91 Å². The second-order valence-electron chi connectivity index (χ2n) is 9.55. The van der Waals surface area contributed by atoms with Gasteiger partial charge in [-0.2, -0.15) is 9.78 Å². The molecule has 0 unspecified atom stereocenters. The molecule has 0 saturated carbocycles. The number of carbonyl (C=O) groups is 2. The van der Waals surface area contributed by atoms with Gasteiger partial charge < -0.3 is 14.8 Å². The summed E-state index contributed by atoms with van der Waals surface area (Å²) in [6.07, 6.45) is 3.51. The first-order chi connectivity index (χ1) is 20.3. The summed E-state index contributed by atoms with van der Waals surface area (Å²) in [7, 11) is 0. The molecular formula is C31H23ClN4O4S2. The van der Waals surface area contributed by atoms with Crippen molar-refractivity contribution in [2.45, 2.75) is 19.4 Å². The number of hydrogen-bond acceptors (Lipinski definition) is 6. The lowest BCUT2D eigenvalue weighted by molar-refractivity contribution is -0.145. The summed E-state index contributed by atoms with van der Waals surface area (Å²) < 4.78 is 8.11. The van der Waals surface area contributed by atoms with Gasteiger partial charge in [0.1, 0.15) is 16.1 Å². The number of halogens is 1. The highest BCUT2D eigenvalue weighted by molar-refractivity contribution is 8.26. The predicted octanol–water partition coefficient (Wildman–Crippen LogP) is 7.00. The van der Waals surface area contributed by atoms with Crippen molar-refractivity contribution in [1.29, 1.82) is 0 Å². The van der Waals surface area contributed by atoms with Crippen LogP contribution in [0.1, 0.15) is 16.8 Å². The van der Waals surface area contributed by atoms with Crippen molar-refractivity contribution >= 4 is 68.8 Å². The zero-order valence-corrected chi connectivity index (χ0v) is 24.5. The Hall–Kier alpha value is -4.38. The second-order valence-corrected chi connectivity index (χ2v) is 11.6. The Morgan fingerprint density at radius 3 is 2.60 bits per heavy atom. The van der Waals surface area contributed by atoms with Crippen LogP contribution in [0.15, 0.2) is 90.0 Å². The van der Waals surface area contributed by atoms with E-state index >= 15 is 0 Å². The van der Waals surface area contributed by atoms with Gasteiger partial charge in [-0.3, -0.25) is 9.69 Å². The number of hydrogen-bond donors (Lipinski definition) is 2. The molecule has 1 atom stereocenters. The number of fused-ring (bicyclic) bond motifs is 1. The molecular weight excluding hydrogens is 592 g/mol. The molecule has 11 heteroatoms. The molecule has 3 heterocycles. The van der Waals surface area contributed by atoms with Crippen LogP contribution in [0.2, 0.25) is 5.02 Å². The molecule has 1 aliphatic heterocycles. The highest BCUT2D eigenvalue weighted by Gasteiger charge is 2.41. The molecule has 3 aromatic carbocycles. The molecule has 1 saturated heterocycles. The number of thiocarbonyl (C=S) groups is 1. The Labute approximate surface area is 255 Å². The number of amides is 1. The predicted molar refractivity (Wildman–Crippen MR) is 168 cm³/mol. The van der Waals surface area contributed by atoms with E-state index in [2.05, 4.69) is 4.98 Å². The zero-order chi connectivity index (χ0) is 29.4. The fourth-order valence-corrected chi connectivity index (χ4v) is 6.35. The lowest BCUT2D eigenvalue weighted by Crippen LogP contribution is -2.45. The number of carbonyl (C=O) groups excluding carboxylic acids is 1. The number of H-pyrrole nitrogens is 1. The van der Waals surface area contributed by atoms with Crippen molar-refractivity contribution in [3.8, 4) is 17.3 Å². The van der Waals surface area contributed by atoms with Crippen LogP contribution in [0.5, 0.6) is 11.6 Å². The number of rotatable bonds is 8. The van der Waals surface area contributed by atoms with Gasteiger partial charge in [0.2, 0.25) is 5.88 Å². The maximum absolute atomic E-state index is 13.8. The van der Waals surface area contributed by atoms with Crippen molar-refractivity contribution in [3.05, 3.63) is 112 Å². The Bertz CT molecular complexity index is 1880. The quantitative estimate of drug-likeness (QED) is 0.143. The number of benzene rings is 3. The van der Waals surface area contributed by atoms with Crippen LogP contribution in [0.3, 0.4) is 0 Å². The Morgan fingerprint density at radius 1 is 1.12 bits per heavy atom. The van der Waals surface area contributed by atoms with Crippen LogP contribution in [0.4, 0.5) is 0 Å². The first-order valence-corrected chi connectivity index (χ1v) is 14.5. The number of nitrogens with one attached hydrogen (secondary N) is 1. The number of aliphatic carboxylic acids is 1. The van der Waals surface area contributed by atoms with E-state index < -0.39 is 17.9 Å². The molecule has 1 fully saturated rings.